The van der Waals surface area contributed by atoms with Crippen molar-refractivity contribution in [3.63, 3.8) is 0 Å². The van der Waals surface area contributed by atoms with E-state index >= 15 is 0 Å². The molecule has 0 aliphatic rings. The van der Waals surface area contributed by atoms with E-state index in [4.69, 9.17) is 5.73 Å². The third-order valence-corrected chi connectivity index (χ3v) is 4.46. The van der Waals surface area contributed by atoms with Crippen LogP contribution in [0.3, 0.4) is 0 Å². The van der Waals surface area contributed by atoms with Gasteiger partial charge in [-0.3, -0.25) is 10.1 Å². The zero-order valence-electron chi connectivity index (χ0n) is 10.4. The van der Waals surface area contributed by atoms with Crippen LogP contribution in [0.2, 0.25) is 0 Å². The number of nitrogens with two attached hydrogens (primary N) is 1. The van der Waals surface area contributed by atoms with Gasteiger partial charge in [0.2, 0.25) is 0 Å². The van der Waals surface area contributed by atoms with Crippen molar-refractivity contribution in [3.8, 4) is 0 Å². The highest BCUT2D eigenvalue weighted by Crippen LogP contribution is 2.28. The van der Waals surface area contributed by atoms with Crippen LogP contribution in [0.5, 0.6) is 0 Å². The van der Waals surface area contributed by atoms with Gasteiger partial charge in [0.05, 0.1) is 4.92 Å². The molecule has 0 amide bonds. The Bertz CT molecular complexity index is 649. The van der Waals surface area contributed by atoms with E-state index < -0.39 is 0 Å². The molecule has 1 atom stereocenters. The molecule has 104 valence electrons. The molecule has 0 fully saturated rings. The summed E-state index contributed by atoms with van der Waals surface area (Å²) < 4.78 is 2.00. The maximum atomic E-state index is 11.0. The molecule has 0 spiro atoms. The molecule has 0 saturated carbocycles. The topological polar surface area (TPSA) is 69.2 Å². The van der Waals surface area contributed by atoms with E-state index in [1.165, 1.54) is 6.07 Å². The second-order valence-electron chi connectivity index (χ2n) is 4.36. The standard InChI is InChI=1S/C14H12BrIN2O2/c15-10-5-6-12(16)11(8-10)13(17)7-9-3-1-2-4-14(9)18(19)20/h1-6,8,13H,7,17H2. The number of halogens is 2. The smallest absolute Gasteiger partial charge is 0.272 e. The van der Waals surface area contributed by atoms with E-state index in [0.717, 1.165) is 13.6 Å². The van der Waals surface area contributed by atoms with Crippen LogP contribution >= 0.6 is 38.5 Å². The highest BCUT2D eigenvalue weighted by molar-refractivity contribution is 14.1. The first-order chi connectivity index (χ1) is 9.49. The van der Waals surface area contributed by atoms with E-state index in [1.807, 2.05) is 18.2 Å². The average molecular weight is 447 g/mol. The maximum Gasteiger partial charge on any atom is 0.272 e. The molecule has 0 aromatic heterocycles. The van der Waals surface area contributed by atoms with Gasteiger partial charge in [0.25, 0.3) is 5.69 Å². The Labute approximate surface area is 138 Å². The zero-order chi connectivity index (χ0) is 14.7. The summed E-state index contributed by atoms with van der Waals surface area (Å²) in [7, 11) is 0. The minimum absolute atomic E-state index is 0.118. The number of nitrogens with zero attached hydrogens (tertiary/aromatic N) is 1. The lowest BCUT2D eigenvalue weighted by molar-refractivity contribution is -0.385. The molecule has 0 radical (unpaired) electrons. The molecule has 20 heavy (non-hydrogen) atoms. The molecule has 2 aromatic rings. The van der Waals surface area contributed by atoms with Gasteiger partial charge in [-0.1, -0.05) is 34.1 Å². The third kappa shape index (κ3) is 3.56. The summed E-state index contributed by atoms with van der Waals surface area (Å²) in [6, 6.07) is 12.3. The van der Waals surface area contributed by atoms with Crippen LogP contribution in [0.4, 0.5) is 5.69 Å². The lowest BCUT2D eigenvalue weighted by atomic mass is 9.99. The van der Waals surface area contributed by atoms with E-state index in [-0.39, 0.29) is 16.7 Å². The minimum Gasteiger partial charge on any atom is -0.324 e. The Morgan fingerprint density at radius 2 is 2.00 bits per heavy atom. The van der Waals surface area contributed by atoms with Crippen LogP contribution in [0.25, 0.3) is 0 Å². The van der Waals surface area contributed by atoms with Gasteiger partial charge in [-0.15, -0.1) is 0 Å². The van der Waals surface area contributed by atoms with Crippen LogP contribution < -0.4 is 5.73 Å². The van der Waals surface area contributed by atoms with Crippen LogP contribution in [0.15, 0.2) is 46.9 Å². The largest absolute Gasteiger partial charge is 0.324 e. The maximum absolute atomic E-state index is 11.0. The summed E-state index contributed by atoms with van der Waals surface area (Å²) in [5, 5.41) is 11.0. The molecular formula is C14H12BrIN2O2. The van der Waals surface area contributed by atoms with Crippen LogP contribution in [-0.2, 0) is 6.42 Å². The Kier molecular flexibility index (Phi) is 5.11. The normalized spacial score (nSPS) is 12.2. The summed E-state index contributed by atoms with van der Waals surface area (Å²) >= 11 is 5.64. The fourth-order valence-corrected chi connectivity index (χ4v) is 3.12. The van der Waals surface area contributed by atoms with Crippen molar-refractivity contribution in [3.05, 3.63) is 71.7 Å². The number of benzene rings is 2. The summed E-state index contributed by atoms with van der Waals surface area (Å²) in [6.07, 6.45) is 0.434. The van der Waals surface area contributed by atoms with Gasteiger partial charge in [0.15, 0.2) is 0 Å². The fraction of sp³-hybridized carbons (Fsp3) is 0.143. The van der Waals surface area contributed by atoms with E-state index in [9.17, 15) is 10.1 Å². The Balaban J connectivity index is 2.30. The van der Waals surface area contributed by atoms with Crippen molar-refractivity contribution in [1.82, 2.24) is 0 Å². The molecule has 0 saturated heterocycles. The highest BCUT2D eigenvalue weighted by Gasteiger charge is 2.17. The van der Waals surface area contributed by atoms with Crippen LogP contribution in [-0.4, -0.2) is 4.92 Å². The summed E-state index contributed by atoms with van der Waals surface area (Å²) in [5.41, 5.74) is 7.97. The van der Waals surface area contributed by atoms with Gasteiger partial charge in [0.1, 0.15) is 0 Å². The van der Waals surface area contributed by atoms with Crippen molar-refractivity contribution in [2.24, 2.45) is 5.73 Å². The quantitative estimate of drug-likeness (QED) is 0.434. The molecule has 0 aliphatic carbocycles. The first-order valence-corrected chi connectivity index (χ1v) is 7.79. The molecular weight excluding hydrogens is 435 g/mol. The summed E-state index contributed by atoms with van der Waals surface area (Å²) in [6.45, 7) is 0. The molecule has 0 heterocycles. The monoisotopic (exact) mass is 446 g/mol. The molecule has 4 nitrogen and oxygen atoms in total. The number of hydrogen-bond donors (Lipinski definition) is 1. The predicted octanol–water partition coefficient (Wildman–Crippen LogP) is 4.20. The van der Waals surface area contributed by atoms with Crippen molar-refractivity contribution < 1.29 is 4.92 Å². The number of hydrogen-bond acceptors (Lipinski definition) is 3. The molecule has 0 bridgehead atoms. The molecule has 1 unspecified atom stereocenters. The SMILES string of the molecule is NC(Cc1ccccc1[N+](=O)[O-])c1cc(Br)ccc1I. The molecule has 6 heteroatoms. The van der Waals surface area contributed by atoms with Crippen molar-refractivity contribution in [1.29, 1.82) is 0 Å². The van der Waals surface area contributed by atoms with E-state index in [0.29, 0.717) is 12.0 Å². The Morgan fingerprint density at radius 1 is 1.30 bits per heavy atom. The van der Waals surface area contributed by atoms with Gasteiger partial charge in [-0.25, -0.2) is 0 Å². The number of nitro groups is 1. The number of nitro benzene ring substituents is 1. The van der Waals surface area contributed by atoms with Crippen LogP contribution in [0, 0.1) is 13.7 Å². The molecule has 2 aromatic carbocycles. The predicted molar refractivity (Wildman–Crippen MR) is 90.6 cm³/mol. The number of rotatable bonds is 4. The van der Waals surface area contributed by atoms with Crippen LogP contribution in [0.1, 0.15) is 17.2 Å². The molecule has 0 aliphatic heterocycles. The minimum atomic E-state index is -0.367. The third-order valence-electron chi connectivity index (χ3n) is 2.99. The first kappa shape index (κ1) is 15.4. The Hall–Kier alpha value is -0.990. The average Bonchev–Trinajstić information content (AvgIpc) is 2.41. The fourth-order valence-electron chi connectivity index (χ4n) is 2.01. The van der Waals surface area contributed by atoms with Crippen molar-refractivity contribution in [2.75, 3.05) is 0 Å². The van der Waals surface area contributed by atoms with Crippen molar-refractivity contribution >= 4 is 44.2 Å². The Morgan fingerprint density at radius 3 is 2.70 bits per heavy atom. The number of para-hydroxylation sites is 1. The van der Waals surface area contributed by atoms with Gasteiger partial charge in [0, 0.05) is 25.7 Å². The van der Waals surface area contributed by atoms with Gasteiger partial charge in [-0.05, 0) is 52.8 Å². The summed E-state index contributed by atoms with van der Waals surface area (Å²) in [5.74, 6) is 0. The van der Waals surface area contributed by atoms with Gasteiger partial charge < -0.3 is 5.73 Å². The van der Waals surface area contributed by atoms with Gasteiger partial charge >= 0.3 is 0 Å². The second kappa shape index (κ2) is 6.64. The lowest BCUT2D eigenvalue weighted by Gasteiger charge is -2.14. The van der Waals surface area contributed by atoms with Gasteiger partial charge in [-0.2, -0.15) is 0 Å². The first-order valence-electron chi connectivity index (χ1n) is 5.92. The van der Waals surface area contributed by atoms with Crippen molar-refractivity contribution in [2.45, 2.75) is 12.5 Å². The van der Waals surface area contributed by atoms with E-state index in [1.54, 1.807) is 18.2 Å². The molecule has 2 N–H and O–H groups in total. The zero-order valence-corrected chi connectivity index (χ0v) is 14.2. The highest BCUT2D eigenvalue weighted by atomic mass is 127. The second-order valence-corrected chi connectivity index (χ2v) is 6.44. The van der Waals surface area contributed by atoms with E-state index in [2.05, 4.69) is 38.5 Å². The lowest BCUT2D eigenvalue weighted by Crippen LogP contribution is -2.15. The molecule has 2 rings (SSSR count). The summed E-state index contributed by atoms with van der Waals surface area (Å²) in [4.78, 5) is 10.6.